The molecule has 0 aliphatic heterocycles. The summed E-state index contributed by atoms with van der Waals surface area (Å²) in [6.45, 7) is -0.710. The van der Waals surface area contributed by atoms with E-state index in [1.807, 2.05) is 0 Å². The highest BCUT2D eigenvalue weighted by atomic mass is 32.2. The molecule has 0 aliphatic carbocycles. The van der Waals surface area contributed by atoms with Crippen molar-refractivity contribution < 1.29 is 9.50 Å². The zero-order chi connectivity index (χ0) is 8.81. The van der Waals surface area contributed by atoms with E-state index in [1.54, 1.807) is 12.3 Å². The van der Waals surface area contributed by atoms with Crippen molar-refractivity contribution in [3.05, 3.63) is 18.6 Å². The van der Waals surface area contributed by atoms with E-state index in [0.29, 0.717) is 5.75 Å². The molecular weight excluding hydrogens is 179 g/mol. The largest absolute Gasteiger partial charge is 0.390 e. The summed E-state index contributed by atoms with van der Waals surface area (Å²) < 4.78 is 11.8. The Morgan fingerprint density at radius 1 is 1.67 bits per heavy atom. The van der Waals surface area contributed by atoms with Crippen LogP contribution in [0.2, 0.25) is 0 Å². The molecule has 1 atom stereocenters. The van der Waals surface area contributed by atoms with Crippen molar-refractivity contribution in [3.8, 4) is 0 Å². The molecule has 1 aromatic heterocycles. The molecule has 1 N–H and O–H groups in total. The Morgan fingerprint density at radius 3 is 3.08 bits per heavy atom. The third kappa shape index (κ3) is 3.15. The number of aliphatic hydroxyl groups excluding tert-OH is 1. The summed E-state index contributed by atoms with van der Waals surface area (Å²) in [7, 11) is 0. The second kappa shape index (κ2) is 5.05. The zero-order valence-corrected chi connectivity index (χ0v) is 7.17. The number of aromatic nitrogens is 2. The van der Waals surface area contributed by atoms with E-state index < -0.39 is 12.8 Å². The van der Waals surface area contributed by atoms with Crippen molar-refractivity contribution in [2.24, 2.45) is 0 Å². The van der Waals surface area contributed by atoms with Gasteiger partial charge in [-0.15, -0.1) is 11.8 Å². The van der Waals surface area contributed by atoms with Crippen molar-refractivity contribution >= 4 is 11.8 Å². The molecule has 66 valence electrons. The Hall–Kier alpha value is -0.680. The molecule has 0 aliphatic rings. The van der Waals surface area contributed by atoms with Gasteiger partial charge in [0.15, 0.2) is 0 Å². The van der Waals surface area contributed by atoms with Gasteiger partial charge in [-0.3, -0.25) is 0 Å². The van der Waals surface area contributed by atoms with Crippen LogP contribution in [0, 0.1) is 0 Å². The molecule has 0 radical (unpaired) electrons. The Labute approximate surface area is 74.0 Å². The number of nitrogens with zero attached hydrogens (tertiary/aromatic N) is 2. The van der Waals surface area contributed by atoms with Gasteiger partial charge in [-0.25, -0.2) is 14.4 Å². The molecule has 12 heavy (non-hydrogen) atoms. The smallest absolute Gasteiger partial charge is 0.116 e. The summed E-state index contributed by atoms with van der Waals surface area (Å²) in [5, 5.41) is 9.63. The van der Waals surface area contributed by atoms with Crippen LogP contribution in [0.4, 0.5) is 4.39 Å². The Kier molecular flexibility index (Phi) is 3.96. The molecule has 1 aromatic rings. The molecule has 0 aromatic carbocycles. The second-order valence-electron chi connectivity index (χ2n) is 2.17. The van der Waals surface area contributed by atoms with Crippen LogP contribution in [-0.4, -0.2) is 33.6 Å². The summed E-state index contributed by atoms with van der Waals surface area (Å²) in [5.74, 6) is 0.327. The first-order valence-electron chi connectivity index (χ1n) is 3.45. The molecule has 1 unspecified atom stereocenters. The molecule has 0 spiro atoms. The maximum Gasteiger partial charge on any atom is 0.116 e. The predicted octanol–water partition coefficient (Wildman–Crippen LogP) is 0.899. The maximum absolute atomic E-state index is 11.8. The van der Waals surface area contributed by atoms with Gasteiger partial charge in [0.1, 0.15) is 13.0 Å². The number of thioether (sulfide) groups is 1. The van der Waals surface area contributed by atoms with Crippen LogP contribution in [0.5, 0.6) is 0 Å². The molecule has 0 bridgehead atoms. The van der Waals surface area contributed by atoms with Crippen molar-refractivity contribution in [1.82, 2.24) is 9.97 Å². The zero-order valence-electron chi connectivity index (χ0n) is 6.35. The molecule has 0 amide bonds. The lowest BCUT2D eigenvalue weighted by atomic mass is 10.5. The minimum absolute atomic E-state index is 0.327. The molecule has 5 heteroatoms. The predicted molar refractivity (Wildman–Crippen MR) is 44.7 cm³/mol. The van der Waals surface area contributed by atoms with Gasteiger partial charge in [-0.2, -0.15) is 0 Å². The average molecular weight is 188 g/mol. The highest BCUT2D eigenvalue weighted by molar-refractivity contribution is 7.99. The van der Waals surface area contributed by atoms with Crippen LogP contribution in [0.25, 0.3) is 0 Å². The van der Waals surface area contributed by atoms with Crippen LogP contribution < -0.4 is 0 Å². The van der Waals surface area contributed by atoms with Crippen LogP contribution in [0.3, 0.4) is 0 Å². The van der Waals surface area contributed by atoms with E-state index in [2.05, 4.69) is 9.97 Å². The molecule has 1 heterocycles. The minimum Gasteiger partial charge on any atom is -0.390 e. The number of rotatable bonds is 4. The fourth-order valence-electron chi connectivity index (χ4n) is 0.590. The number of hydrogen-bond donors (Lipinski definition) is 1. The van der Waals surface area contributed by atoms with E-state index in [4.69, 9.17) is 5.11 Å². The van der Waals surface area contributed by atoms with E-state index in [-0.39, 0.29) is 0 Å². The molecule has 0 saturated carbocycles. The lowest BCUT2D eigenvalue weighted by Crippen LogP contribution is -2.11. The van der Waals surface area contributed by atoms with Crippen molar-refractivity contribution in [1.29, 1.82) is 0 Å². The Bertz CT molecular complexity index is 222. The second-order valence-corrected chi connectivity index (χ2v) is 3.21. The Balaban J connectivity index is 2.33. The number of alkyl halides is 1. The van der Waals surface area contributed by atoms with Crippen LogP contribution in [0.15, 0.2) is 23.6 Å². The topological polar surface area (TPSA) is 46.0 Å². The quantitative estimate of drug-likeness (QED) is 0.563. The summed E-state index contributed by atoms with van der Waals surface area (Å²) in [5.41, 5.74) is 0. The van der Waals surface area contributed by atoms with Crippen molar-refractivity contribution in [2.45, 2.75) is 11.1 Å². The van der Waals surface area contributed by atoms with Crippen LogP contribution in [-0.2, 0) is 0 Å². The molecule has 0 saturated heterocycles. The number of aliphatic hydroxyl groups is 1. The molecule has 0 fully saturated rings. The van der Waals surface area contributed by atoms with Gasteiger partial charge in [0.2, 0.25) is 0 Å². The first-order chi connectivity index (χ1) is 5.83. The Morgan fingerprint density at radius 2 is 2.50 bits per heavy atom. The van der Waals surface area contributed by atoms with E-state index in [1.165, 1.54) is 18.1 Å². The summed E-state index contributed by atoms with van der Waals surface area (Å²) in [4.78, 5) is 7.63. The number of halogens is 1. The van der Waals surface area contributed by atoms with Crippen molar-refractivity contribution in [2.75, 3.05) is 12.4 Å². The van der Waals surface area contributed by atoms with Crippen LogP contribution in [0.1, 0.15) is 0 Å². The van der Waals surface area contributed by atoms with Crippen molar-refractivity contribution in [3.63, 3.8) is 0 Å². The summed E-state index contributed by atoms with van der Waals surface area (Å²) in [6, 6.07) is 1.72. The van der Waals surface area contributed by atoms with Gasteiger partial charge in [0.25, 0.3) is 0 Å². The lowest BCUT2D eigenvalue weighted by Gasteiger charge is -2.03. The first-order valence-corrected chi connectivity index (χ1v) is 4.44. The standard InChI is InChI=1S/C7H9FN2OS/c8-3-6(11)4-12-7-1-2-9-5-10-7/h1-2,5-6,11H,3-4H2. The fraction of sp³-hybridized carbons (Fsp3) is 0.429. The summed E-state index contributed by atoms with van der Waals surface area (Å²) >= 11 is 1.31. The number of hydrogen-bond acceptors (Lipinski definition) is 4. The van der Waals surface area contributed by atoms with E-state index >= 15 is 0 Å². The average Bonchev–Trinajstić information content (AvgIpc) is 2.16. The van der Waals surface area contributed by atoms with Gasteiger partial charge in [0, 0.05) is 11.9 Å². The van der Waals surface area contributed by atoms with Gasteiger partial charge < -0.3 is 5.11 Å². The normalized spacial score (nSPS) is 12.8. The monoisotopic (exact) mass is 188 g/mol. The maximum atomic E-state index is 11.8. The van der Waals surface area contributed by atoms with E-state index in [9.17, 15) is 4.39 Å². The lowest BCUT2D eigenvalue weighted by molar-refractivity contribution is 0.162. The van der Waals surface area contributed by atoms with Gasteiger partial charge in [-0.1, -0.05) is 0 Å². The van der Waals surface area contributed by atoms with Gasteiger partial charge >= 0.3 is 0 Å². The summed E-state index contributed by atoms with van der Waals surface area (Å²) in [6.07, 6.45) is 2.13. The molecule has 1 rings (SSSR count). The SMILES string of the molecule is OC(CF)CSc1ccncn1. The highest BCUT2D eigenvalue weighted by Gasteiger charge is 2.03. The first kappa shape index (κ1) is 9.41. The van der Waals surface area contributed by atoms with Gasteiger partial charge in [0.05, 0.1) is 11.1 Å². The molecular formula is C7H9FN2OS. The van der Waals surface area contributed by atoms with E-state index in [0.717, 1.165) is 5.03 Å². The highest BCUT2D eigenvalue weighted by Crippen LogP contribution is 2.14. The van der Waals surface area contributed by atoms with Gasteiger partial charge in [-0.05, 0) is 6.07 Å². The van der Waals surface area contributed by atoms with Crippen LogP contribution >= 0.6 is 11.8 Å². The fourth-order valence-corrected chi connectivity index (χ4v) is 1.32. The third-order valence-corrected chi connectivity index (χ3v) is 2.25. The third-order valence-electron chi connectivity index (χ3n) is 1.16. The minimum atomic E-state index is -0.898. The molecule has 3 nitrogen and oxygen atoms in total.